The van der Waals surface area contributed by atoms with Gasteiger partial charge in [0.05, 0.1) is 0 Å². The summed E-state index contributed by atoms with van der Waals surface area (Å²) in [5, 5.41) is 0. The smallest absolute Gasteiger partial charge is 0.251 e. The summed E-state index contributed by atoms with van der Waals surface area (Å²) in [6, 6.07) is 2.04. The highest BCUT2D eigenvalue weighted by atomic mass is 16.1. The summed E-state index contributed by atoms with van der Waals surface area (Å²) in [5.74, 6) is 0. The third-order valence-electron chi connectivity index (χ3n) is 3.63. The topological polar surface area (TPSA) is 62.1 Å². The van der Waals surface area contributed by atoms with Gasteiger partial charge in [0, 0.05) is 18.3 Å². The molecule has 4 nitrogen and oxygen atoms in total. The first-order valence-corrected chi connectivity index (χ1v) is 6.93. The second kappa shape index (κ2) is 6.71. The van der Waals surface area contributed by atoms with Gasteiger partial charge in [-0.2, -0.15) is 0 Å². The van der Waals surface area contributed by atoms with Crippen molar-refractivity contribution in [2.24, 2.45) is 5.73 Å². The van der Waals surface area contributed by atoms with Gasteiger partial charge in [-0.25, -0.2) is 0 Å². The van der Waals surface area contributed by atoms with Crippen LogP contribution in [0.3, 0.4) is 0 Å². The number of rotatable bonds is 5. The molecule has 1 saturated heterocycles. The Morgan fingerprint density at radius 3 is 2.78 bits per heavy atom. The Balaban J connectivity index is 2.10. The second-order valence-electron chi connectivity index (χ2n) is 5.04. The minimum atomic E-state index is 0.0537. The van der Waals surface area contributed by atoms with Crippen LogP contribution >= 0.6 is 0 Å². The lowest BCUT2D eigenvalue weighted by Gasteiger charge is -2.27. The van der Waals surface area contributed by atoms with Crippen molar-refractivity contribution in [3.05, 3.63) is 33.7 Å². The van der Waals surface area contributed by atoms with E-state index in [1.54, 1.807) is 6.20 Å². The number of nitrogens with two attached hydrogens (primary N) is 1. The lowest BCUT2D eigenvalue weighted by molar-refractivity contribution is 0.220. The second-order valence-corrected chi connectivity index (χ2v) is 5.04. The molecule has 18 heavy (non-hydrogen) atoms. The van der Waals surface area contributed by atoms with Gasteiger partial charge < -0.3 is 10.7 Å². The maximum atomic E-state index is 11.9. The van der Waals surface area contributed by atoms with Gasteiger partial charge >= 0.3 is 0 Å². The average Bonchev–Trinajstić information content (AvgIpc) is 2.39. The number of pyridine rings is 1. The Kier molecular flexibility index (Phi) is 4.96. The lowest BCUT2D eigenvalue weighted by Crippen LogP contribution is -2.30. The highest BCUT2D eigenvalue weighted by molar-refractivity contribution is 5.23. The molecule has 0 bridgehead atoms. The van der Waals surface area contributed by atoms with Crippen molar-refractivity contribution in [2.75, 3.05) is 19.6 Å². The average molecular weight is 249 g/mol. The van der Waals surface area contributed by atoms with E-state index in [0.29, 0.717) is 6.54 Å². The molecule has 1 fully saturated rings. The van der Waals surface area contributed by atoms with E-state index < -0.39 is 0 Å². The molecule has 3 N–H and O–H groups in total. The minimum absolute atomic E-state index is 0.0537. The first-order chi connectivity index (χ1) is 8.81. The highest BCUT2D eigenvalue weighted by Crippen LogP contribution is 2.14. The number of aromatic nitrogens is 1. The van der Waals surface area contributed by atoms with E-state index in [4.69, 9.17) is 5.73 Å². The molecule has 0 aliphatic carbocycles. The molecule has 1 aliphatic rings. The Morgan fingerprint density at radius 2 is 2.06 bits per heavy atom. The van der Waals surface area contributed by atoms with Gasteiger partial charge in [0.2, 0.25) is 0 Å². The number of likely N-dealkylation sites (tertiary alicyclic amines) is 1. The van der Waals surface area contributed by atoms with Gasteiger partial charge in [-0.1, -0.05) is 6.42 Å². The maximum absolute atomic E-state index is 11.9. The van der Waals surface area contributed by atoms with Crippen LogP contribution in [0, 0.1) is 0 Å². The van der Waals surface area contributed by atoms with E-state index in [0.717, 1.165) is 38.0 Å². The van der Waals surface area contributed by atoms with Crippen molar-refractivity contribution in [3.63, 3.8) is 0 Å². The van der Waals surface area contributed by atoms with Gasteiger partial charge in [0.25, 0.3) is 5.56 Å². The molecule has 2 rings (SSSR count). The Labute approximate surface area is 108 Å². The first kappa shape index (κ1) is 13.3. The molecule has 0 saturated carbocycles. The van der Waals surface area contributed by atoms with Crippen LogP contribution in [-0.4, -0.2) is 29.5 Å². The van der Waals surface area contributed by atoms with Crippen molar-refractivity contribution in [3.8, 4) is 0 Å². The molecular weight excluding hydrogens is 226 g/mol. The molecule has 0 unspecified atom stereocenters. The molecular formula is C14H23N3O. The zero-order valence-electron chi connectivity index (χ0n) is 11.0. The van der Waals surface area contributed by atoms with Gasteiger partial charge in [-0.15, -0.1) is 0 Å². The molecule has 1 aromatic rings. The Morgan fingerprint density at radius 1 is 1.28 bits per heavy atom. The van der Waals surface area contributed by atoms with Gasteiger partial charge in [0.1, 0.15) is 0 Å². The van der Waals surface area contributed by atoms with Crippen LogP contribution in [0.25, 0.3) is 0 Å². The van der Waals surface area contributed by atoms with Crippen LogP contribution in [0.4, 0.5) is 0 Å². The number of nitrogens with zero attached hydrogens (tertiary/aromatic N) is 1. The van der Waals surface area contributed by atoms with Crippen molar-refractivity contribution in [1.29, 1.82) is 0 Å². The molecule has 1 aromatic heterocycles. The summed E-state index contributed by atoms with van der Waals surface area (Å²) in [4.78, 5) is 17.1. The third-order valence-corrected chi connectivity index (χ3v) is 3.63. The van der Waals surface area contributed by atoms with Crippen molar-refractivity contribution < 1.29 is 0 Å². The number of H-pyrrole nitrogens is 1. The summed E-state index contributed by atoms with van der Waals surface area (Å²) in [5.41, 5.74) is 7.69. The number of hydrogen-bond donors (Lipinski definition) is 2. The predicted octanol–water partition coefficient (Wildman–Crippen LogP) is 1.25. The van der Waals surface area contributed by atoms with Gasteiger partial charge in [-0.3, -0.25) is 9.69 Å². The molecule has 0 spiro atoms. The molecule has 100 valence electrons. The summed E-state index contributed by atoms with van der Waals surface area (Å²) >= 11 is 0. The van der Waals surface area contributed by atoms with E-state index in [1.165, 1.54) is 24.8 Å². The van der Waals surface area contributed by atoms with Crippen molar-refractivity contribution >= 4 is 0 Å². The van der Waals surface area contributed by atoms with E-state index in [1.807, 2.05) is 6.07 Å². The fourth-order valence-electron chi connectivity index (χ4n) is 2.61. The standard InChI is InChI=1S/C14H23N3O/c15-7-4-5-13-12(6-8-16-14(13)18)11-17-9-2-1-3-10-17/h6,8H,1-5,7,9-11,15H2,(H,16,18). The molecule has 2 heterocycles. The van der Waals surface area contributed by atoms with Gasteiger partial charge in [-0.05, 0) is 56.9 Å². The van der Waals surface area contributed by atoms with Crippen LogP contribution in [-0.2, 0) is 13.0 Å². The van der Waals surface area contributed by atoms with E-state index in [2.05, 4.69) is 9.88 Å². The third kappa shape index (κ3) is 3.43. The summed E-state index contributed by atoms with van der Waals surface area (Å²) in [6.07, 6.45) is 7.32. The highest BCUT2D eigenvalue weighted by Gasteiger charge is 2.13. The van der Waals surface area contributed by atoms with Crippen molar-refractivity contribution in [2.45, 2.75) is 38.6 Å². The Bertz CT molecular complexity index is 421. The van der Waals surface area contributed by atoms with E-state index >= 15 is 0 Å². The first-order valence-electron chi connectivity index (χ1n) is 6.93. The molecule has 1 aliphatic heterocycles. The zero-order valence-corrected chi connectivity index (χ0v) is 11.0. The van der Waals surface area contributed by atoms with Crippen molar-refractivity contribution in [1.82, 2.24) is 9.88 Å². The largest absolute Gasteiger partial charge is 0.330 e. The van der Waals surface area contributed by atoms with E-state index in [9.17, 15) is 4.79 Å². The quantitative estimate of drug-likeness (QED) is 0.825. The maximum Gasteiger partial charge on any atom is 0.251 e. The lowest BCUT2D eigenvalue weighted by atomic mass is 10.0. The predicted molar refractivity (Wildman–Crippen MR) is 73.6 cm³/mol. The molecule has 0 radical (unpaired) electrons. The fraction of sp³-hybridized carbons (Fsp3) is 0.643. The number of aromatic amines is 1. The molecule has 4 heteroatoms. The summed E-state index contributed by atoms with van der Waals surface area (Å²) in [6.45, 7) is 3.85. The number of hydrogen-bond acceptors (Lipinski definition) is 3. The SMILES string of the molecule is NCCCc1c(CN2CCCCC2)cc[nH]c1=O. The van der Waals surface area contributed by atoms with Crippen LogP contribution < -0.4 is 11.3 Å². The molecule has 0 aromatic carbocycles. The van der Waals surface area contributed by atoms with E-state index in [-0.39, 0.29) is 5.56 Å². The van der Waals surface area contributed by atoms with Gasteiger partial charge in [0.15, 0.2) is 0 Å². The summed E-state index contributed by atoms with van der Waals surface area (Å²) in [7, 11) is 0. The Hall–Kier alpha value is -1.13. The minimum Gasteiger partial charge on any atom is -0.330 e. The number of piperidine rings is 1. The normalized spacial score (nSPS) is 16.9. The molecule has 0 atom stereocenters. The number of nitrogens with one attached hydrogen (secondary N) is 1. The van der Waals surface area contributed by atoms with Crippen LogP contribution in [0.5, 0.6) is 0 Å². The zero-order chi connectivity index (χ0) is 12.8. The molecule has 0 amide bonds. The fourth-order valence-corrected chi connectivity index (χ4v) is 2.61. The van der Waals surface area contributed by atoms with Crippen LogP contribution in [0.15, 0.2) is 17.1 Å². The monoisotopic (exact) mass is 249 g/mol. The van der Waals surface area contributed by atoms with Crippen LogP contribution in [0.2, 0.25) is 0 Å². The summed E-state index contributed by atoms with van der Waals surface area (Å²) < 4.78 is 0. The van der Waals surface area contributed by atoms with Crippen LogP contribution in [0.1, 0.15) is 36.8 Å².